The number of allylic oxidation sites excluding steroid dienone is 2. The maximum atomic E-state index is 4.56. The largest absolute Gasteiger partial charge is 0.290 e. The van der Waals surface area contributed by atoms with E-state index in [4.69, 9.17) is 0 Å². The maximum Gasteiger partial charge on any atom is 0.0374 e. The fourth-order valence-corrected chi connectivity index (χ4v) is 1.69. The first-order chi connectivity index (χ1) is 7.15. The quantitative estimate of drug-likeness (QED) is 0.542. The molecule has 0 aromatic rings. The van der Waals surface area contributed by atoms with Crippen molar-refractivity contribution in [2.75, 3.05) is 6.54 Å². The number of rotatable bonds is 7. The molecule has 0 heterocycles. The second-order valence-corrected chi connectivity index (χ2v) is 4.33. The van der Waals surface area contributed by atoms with Crippen molar-refractivity contribution in [1.29, 1.82) is 0 Å². The van der Waals surface area contributed by atoms with Gasteiger partial charge in [-0.25, -0.2) is 0 Å². The van der Waals surface area contributed by atoms with Gasteiger partial charge in [0.1, 0.15) is 0 Å². The van der Waals surface area contributed by atoms with Crippen LogP contribution in [0, 0.1) is 5.92 Å². The van der Waals surface area contributed by atoms with E-state index < -0.39 is 0 Å². The highest BCUT2D eigenvalue weighted by Crippen LogP contribution is 2.12. The first-order valence-electron chi connectivity index (χ1n) is 6.38. The number of hydrogen-bond donors (Lipinski definition) is 0. The predicted molar refractivity (Wildman–Crippen MR) is 70.7 cm³/mol. The van der Waals surface area contributed by atoms with Crippen LogP contribution in [-0.2, 0) is 0 Å². The molecule has 0 fully saturated rings. The van der Waals surface area contributed by atoms with Crippen molar-refractivity contribution in [2.24, 2.45) is 10.9 Å². The zero-order chi connectivity index (χ0) is 11.7. The first-order valence-corrected chi connectivity index (χ1v) is 6.38. The van der Waals surface area contributed by atoms with Gasteiger partial charge < -0.3 is 0 Å². The SMILES string of the molecule is CC/N=C(CC)/C(=C/CCC(C)C)CC. The highest BCUT2D eigenvalue weighted by molar-refractivity contribution is 5.99. The van der Waals surface area contributed by atoms with Crippen LogP contribution in [0.4, 0.5) is 0 Å². The molecular weight excluding hydrogens is 182 g/mol. The van der Waals surface area contributed by atoms with Gasteiger partial charge in [0.05, 0.1) is 0 Å². The third-order valence-corrected chi connectivity index (χ3v) is 2.57. The topological polar surface area (TPSA) is 12.4 Å². The monoisotopic (exact) mass is 209 g/mol. The third kappa shape index (κ3) is 6.48. The van der Waals surface area contributed by atoms with Crippen LogP contribution in [0.15, 0.2) is 16.6 Å². The van der Waals surface area contributed by atoms with Crippen molar-refractivity contribution in [3.8, 4) is 0 Å². The minimum absolute atomic E-state index is 0.799. The van der Waals surface area contributed by atoms with Gasteiger partial charge in [0.25, 0.3) is 0 Å². The summed E-state index contributed by atoms with van der Waals surface area (Å²) in [6.45, 7) is 12.0. The molecule has 0 N–H and O–H groups in total. The summed E-state index contributed by atoms with van der Waals surface area (Å²) < 4.78 is 0. The van der Waals surface area contributed by atoms with E-state index in [2.05, 4.69) is 45.7 Å². The normalized spacial score (nSPS) is 13.7. The van der Waals surface area contributed by atoms with Gasteiger partial charge in [0.2, 0.25) is 0 Å². The Morgan fingerprint density at radius 3 is 2.20 bits per heavy atom. The van der Waals surface area contributed by atoms with Crippen LogP contribution >= 0.6 is 0 Å². The van der Waals surface area contributed by atoms with E-state index in [0.29, 0.717) is 0 Å². The van der Waals surface area contributed by atoms with Crippen molar-refractivity contribution in [3.63, 3.8) is 0 Å². The summed E-state index contributed by atoms with van der Waals surface area (Å²) in [5, 5.41) is 0. The van der Waals surface area contributed by atoms with Crippen molar-refractivity contribution >= 4 is 5.71 Å². The second kappa shape index (κ2) is 8.70. The highest BCUT2D eigenvalue weighted by atomic mass is 14.7. The Bertz CT molecular complexity index is 211. The van der Waals surface area contributed by atoms with Crippen LogP contribution in [0.5, 0.6) is 0 Å². The summed E-state index contributed by atoms with van der Waals surface area (Å²) >= 11 is 0. The fraction of sp³-hybridized carbons (Fsp3) is 0.786. The molecule has 0 aliphatic rings. The summed E-state index contributed by atoms with van der Waals surface area (Å²) in [4.78, 5) is 4.56. The second-order valence-electron chi connectivity index (χ2n) is 4.33. The van der Waals surface area contributed by atoms with Gasteiger partial charge >= 0.3 is 0 Å². The van der Waals surface area contributed by atoms with Gasteiger partial charge in [0.15, 0.2) is 0 Å². The van der Waals surface area contributed by atoms with E-state index in [1.54, 1.807) is 0 Å². The maximum absolute atomic E-state index is 4.56. The van der Waals surface area contributed by atoms with Gasteiger partial charge in [-0.15, -0.1) is 0 Å². The van der Waals surface area contributed by atoms with Crippen LogP contribution < -0.4 is 0 Å². The van der Waals surface area contributed by atoms with Gasteiger partial charge in [0, 0.05) is 12.3 Å². The zero-order valence-corrected chi connectivity index (χ0v) is 11.1. The minimum atomic E-state index is 0.799. The summed E-state index contributed by atoms with van der Waals surface area (Å²) in [5.74, 6) is 0.799. The Morgan fingerprint density at radius 2 is 1.80 bits per heavy atom. The van der Waals surface area contributed by atoms with E-state index in [9.17, 15) is 0 Å². The highest BCUT2D eigenvalue weighted by Gasteiger charge is 2.02. The molecule has 0 aromatic heterocycles. The molecule has 0 aromatic carbocycles. The smallest absolute Gasteiger partial charge is 0.0374 e. The van der Waals surface area contributed by atoms with Crippen molar-refractivity contribution < 1.29 is 0 Å². The molecule has 0 aliphatic heterocycles. The zero-order valence-electron chi connectivity index (χ0n) is 11.1. The molecule has 0 saturated carbocycles. The molecule has 0 bridgehead atoms. The van der Waals surface area contributed by atoms with E-state index >= 15 is 0 Å². The van der Waals surface area contributed by atoms with Crippen LogP contribution in [0.2, 0.25) is 0 Å². The lowest BCUT2D eigenvalue weighted by Crippen LogP contribution is -2.02. The Kier molecular flexibility index (Phi) is 8.35. The van der Waals surface area contributed by atoms with Crippen LogP contribution in [0.3, 0.4) is 0 Å². The Labute approximate surface area is 95.7 Å². The molecule has 0 spiro atoms. The fourth-order valence-electron chi connectivity index (χ4n) is 1.69. The molecule has 0 saturated heterocycles. The lowest BCUT2D eigenvalue weighted by molar-refractivity contribution is 0.593. The van der Waals surface area contributed by atoms with Gasteiger partial charge in [-0.3, -0.25) is 4.99 Å². The molecule has 0 aliphatic carbocycles. The van der Waals surface area contributed by atoms with Gasteiger partial charge in [-0.05, 0) is 44.1 Å². The third-order valence-electron chi connectivity index (χ3n) is 2.57. The van der Waals surface area contributed by atoms with Crippen molar-refractivity contribution in [2.45, 2.75) is 60.3 Å². The lowest BCUT2D eigenvalue weighted by atomic mass is 10.0. The molecule has 1 heteroatoms. The van der Waals surface area contributed by atoms with Crippen molar-refractivity contribution in [1.82, 2.24) is 0 Å². The summed E-state index contributed by atoms with van der Waals surface area (Å²) in [5.41, 5.74) is 2.77. The van der Waals surface area contributed by atoms with E-state index in [1.807, 2.05) is 0 Å². The molecule has 0 radical (unpaired) electrons. The minimum Gasteiger partial charge on any atom is -0.290 e. The van der Waals surface area contributed by atoms with E-state index in [1.165, 1.54) is 24.1 Å². The average Bonchev–Trinajstić information content (AvgIpc) is 2.21. The molecule has 0 amide bonds. The van der Waals surface area contributed by atoms with E-state index in [0.717, 1.165) is 25.3 Å². The Hall–Kier alpha value is -0.590. The number of aliphatic imine (C=N–C) groups is 1. The average molecular weight is 209 g/mol. The molecular formula is C14H27N. The summed E-state index contributed by atoms with van der Waals surface area (Å²) in [6, 6.07) is 0. The standard InChI is InChI=1S/C14H27N/c1-6-13(11-9-10-12(4)5)14(7-2)15-8-3/h11-12H,6-10H2,1-5H3/b13-11+,15-14+. The molecule has 15 heavy (non-hydrogen) atoms. The first kappa shape index (κ1) is 14.4. The summed E-state index contributed by atoms with van der Waals surface area (Å²) in [7, 11) is 0. The Morgan fingerprint density at radius 1 is 1.13 bits per heavy atom. The van der Waals surface area contributed by atoms with Crippen LogP contribution in [-0.4, -0.2) is 12.3 Å². The van der Waals surface area contributed by atoms with Gasteiger partial charge in [-0.1, -0.05) is 33.8 Å². The Balaban J connectivity index is 4.37. The van der Waals surface area contributed by atoms with Crippen molar-refractivity contribution in [3.05, 3.63) is 11.6 Å². The van der Waals surface area contributed by atoms with E-state index in [-0.39, 0.29) is 0 Å². The molecule has 0 atom stereocenters. The molecule has 0 rings (SSSR count). The number of hydrogen-bond acceptors (Lipinski definition) is 1. The van der Waals surface area contributed by atoms with Crippen LogP contribution in [0.1, 0.15) is 60.3 Å². The predicted octanol–water partition coefficient (Wildman–Crippen LogP) is 4.63. The summed E-state index contributed by atoms with van der Waals surface area (Å²) in [6.07, 6.45) is 7.05. The molecule has 88 valence electrons. The molecule has 1 nitrogen and oxygen atoms in total. The number of nitrogens with zero attached hydrogens (tertiary/aromatic N) is 1. The van der Waals surface area contributed by atoms with Gasteiger partial charge in [-0.2, -0.15) is 0 Å². The van der Waals surface area contributed by atoms with Crippen LogP contribution in [0.25, 0.3) is 0 Å². The molecule has 0 unspecified atom stereocenters. The lowest BCUT2D eigenvalue weighted by Gasteiger charge is -2.08.